The van der Waals surface area contributed by atoms with Crippen molar-refractivity contribution in [2.45, 2.75) is 6.92 Å². The van der Waals surface area contributed by atoms with E-state index in [0.29, 0.717) is 6.54 Å². The fourth-order valence-electron chi connectivity index (χ4n) is 1.51. The smallest absolute Gasteiger partial charge is 0.296 e. The molecule has 0 radical (unpaired) electrons. The second-order valence-corrected chi connectivity index (χ2v) is 3.26. The van der Waals surface area contributed by atoms with Gasteiger partial charge in [-0.25, -0.2) is 0 Å². The second kappa shape index (κ2) is 4.61. The molecule has 0 saturated carbocycles. The van der Waals surface area contributed by atoms with Crippen LogP contribution in [-0.2, 0) is 0 Å². The van der Waals surface area contributed by atoms with Crippen molar-refractivity contribution in [1.82, 2.24) is 5.16 Å². The Bertz CT molecular complexity index is 451. The molecule has 0 fully saturated rings. The minimum atomic E-state index is -0.175. The number of carbonyl (C=O) groups is 1. The van der Waals surface area contributed by atoms with Gasteiger partial charge in [-0.3, -0.25) is 4.79 Å². The van der Waals surface area contributed by atoms with E-state index < -0.39 is 0 Å². The molecule has 4 nitrogen and oxygen atoms in total. The van der Waals surface area contributed by atoms with E-state index in [1.165, 1.54) is 6.20 Å². The van der Waals surface area contributed by atoms with Crippen LogP contribution in [0, 0.1) is 0 Å². The summed E-state index contributed by atoms with van der Waals surface area (Å²) in [5, 5.41) is 3.53. The van der Waals surface area contributed by atoms with Crippen LogP contribution in [0.4, 0.5) is 5.69 Å². The van der Waals surface area contributed by atoms with Crippen LogP contribution in [0.5, 0.6) is 0 Å². The lowest BCUT2D eigenvalue weighted by Gasteiger charge is -2.19. The summed E-state index contributed by atoms with van der Waals surface area (Å²) >= 11 is 0. The standard InChI is InChI=1S/C12H12N2O2/c1-2-14(10-6-4-3-5-7-10)12(15)11-8-9-13-16-11/h3-9H,2H2,1H3. The van der Waals surface area contributed by atoms with Crippen molar-refractivity contribution >= 4 is 11.6 Å². The third-order valence-electron chi connectivity index (χ3n) is 2.28. The number of amides is 1. The van der Waals surface area contributed by atoms with Gasteiger partial charge in [0.05, 0.1) is 6.20 Å². The van der Waals surface area contributed by atoms with Gasteiger partial charge in [-0.1, -0.05) is 23.4 Å². The molecule has 4 heteroatoms. The van der Waals surface area contributed by atoms with Crippen molar-refractivity contribution in [2.75, 3.05) is 11.4 Å². The average Bonchev–Trinajstić information content (AvgIpc) is 2.85. The van der Waals surface area contributed by atoms with Crippen LogP contribution in [0.25, 0.3) is 0 Å². The van der Waals surface area contributed by atoms with Gasteiger partial charge in [0.1, 0.15) is 0 Å². The van der Waals surface area contributed by atoms with Crippen LogP contribution in [0.1, 0.15) is 17.5 Å². The van der Waals surface area contributed by atoms with E-state index in [1.54, 1.807) is 11.0 Å². The Labute approximate surface area is 93.5 Å². The molecule has 0 aliphatic heterocycles. The number of rotatable bonds is 3. The highest BCUT2D eigenvalue weighted by Gasteiger charge is 2.18. The van der Waals surface area contributed by atoms with Gasteiger partial charge < -0.3 is 9.42 Å². The lowest BCUT2D eigenvalue weighted by atomic mass is 10.2. The zero-order chi connectivity index (χ0) is 11.4. The molecular weight excluding hydrogens is 204 g/mol. The summed E-state index contributed by atoms with van der Waals surface area (Å²) in [6.07, 6.45) is 1.46. The summed E-state index contributed by atoms with van der Waals surface area (Å²) < 4.78 is 4.86. The first-order chi connectivity index (χ1) is 7.83. The highest BCUT2D eigenvalue weighted by atomic mass is 16.5. The van der Waals surface area contributed by atoms with Gasteiger partial charge in [0.15, 0.2) is 0 Å². The summed E-state index contributed by atoms with van der Waals surface area (Å²) in [7, 11) is 0. The molecule has 1 aromatic heterocycles. The number of hydrogen-bond acceptors (Lipinski definition) is 3. The summed E-state index contributed by atoms with van der Waals surface area (Å²) in [4.78, 5) is 13.7. The molecule has 0 N–H and O–H groups in total. The van der Waals surface area contributed by atoms with Gasteiger partial charge >= 0.3 is 0 Å². The zero-order valence-electron chi connectivity index (χ0n) is 8.96. The monoisotopic (exact) mass is 216 g/mol. The third kappa shape index (κ3) is 1.95. The van der Waals surface area contributed by atoms with Crippen molar-refractivity contribution in [3.05, 3.63) is 48.4 Å². The topological polar surface area (TPSA) is 46.3 Å². The Morgan fingerprint density at radius 2 is 2.06 bits per heavy atom. The van der Waals surface area contributed by atoms with E-state index in [0.717, 1.165) is 5.69 Å². The van der Waals surface area contributed by atoms with E-state index in [1.807, 2.05) is 37.3 Å². The van der Waals surface area contributed by atoms with Crippen LogP contribution in [0.3, 0.4) is 0 Å². The molecule has 1 amide bonds. The minimum Gasteiger partial charge on any atom is -0.351 e. The molecule has 0 spiro atoms. The number of carbonyl (C=O) groups excluding carboxylic acids is 1. The van der Waals surface area contributed by atoms with Crippen molar-refractivity contribution in [1.29, 1.82) is 0 Å². The molecule has 16 heavy (non-hydrogen) atoms. The molecule has 0 aliphatic rings. The predicted molar refractivity (Wildman–Crippen MR) is 60.3 cm³/mol. The maximum absolute atomic E-state index is 12.0. The van der Waals surface area contributed by atoms with Crippen LogP contribution in [0.15, 0.2) is 47.1 Å². The quantitative estimate of drug-likeness (QED) is 0.791. The van der Waals surface area contributed by atoms with E-state index in [4.69, 9.17) is 4.52 Å². The van der Waals surface area contributed by atoms with Crippen LogP contribution >= 0.6 is 0 Å². The summed E-state index contributed by atoms with van der Waals surface area (Å²) in [5.41, 5.74) is 0.853. The Hall–Kier alpha value is -2.10. The second-order valence-electron chi connectivity index (χ2n) is 3.26. The van der Waals surface area contributed by atoms with Gasteiger partial charge in [0.25, 0.3) is 5.91 Å². The lowest BCUT2D eigenvalue weighted by molar-refractivity contribution is 0.0952. The van der Waals surface area contributed by atoms with E-state index in [-0.39, 0.29) is 11.7 Å². The molecular formula is C12H12N2O2. The molecule has 82 valence electrons. The van der Waals surface area contributed by atoms with Gasteiger partial charge in [-0.2, -0.15) is 0 Å². The highest BCUT2D eigenvalue weighted by molar-refractivity contribution is 6.03. The molecule has 0 atom stereocenters. The Balaban J connectivity index is 2.27. The highest BCUT2D eigenvalue weighted by Crippen LogP contribution is 2.15. The van der Waals surface area contributed by atoms with Crippen molar-refractivity contribution in [2.24, 2.45) is 0 Å². The van der Waals surface area contributed by atoms with Crippen molar-refractivity contribution in [3.8, 4) is 0 Å². The maximum Gasteiger partial charge on any atom is 0.296 e. The van der Waals surface area contributed by atoms with E-state index in [2.05, 4.69) is 5.16 Å². The Morgan fingerprint density at radius 1 is 1.31 bits per heavy atom. The first-order valence-electron chi connectivity index (χ1n) is 5.10. The number of aromatic nitrogens is 1. The third-order valence-corrected chi connectivity index (χ3v) is 2.28. The largest absolute Gasteiger partial charge is 0.351 e. The maximum atomic E-state index is 12.0. The SMILES string of the molecule is CCN(C(=O)c1ccno1)c1ccccc1. The zero-order valence-corrected chi connectivity index (χ0v) is 8.96. The summed E-state index contributed by atoms with van der Waals surface area (Å²) in [6.45, 7) is 2.50. The Kier molecular flexibility index (Phi) is 3.00. The van der Waals surface area contributed by atoms with Crippen molar-refractivity contribution < 1.29 is 9.32 Å². The van der Waals surface area contributed by atoms with Gasteiger partial charge in [0.2, 0.25) is 5.76 Å². The molecule has 2 rings (SSSR count). The molecule has 0 unspecified atom stereocenters. The molecule has 1 aromatic carbocycles. The van der Waals surface area contributed by atoms with E-state index in [9.17, 15) is 4.79 Å². The molecule has 1 heterocycles. The minimum absolute atomic E-state index is 0.175. The number of para-hydroxylation sites is 1. The number of anilines is 1. The normalized spacial score (nSPS) is 10.1. The van der Waals surface area contributed by atoms with Gasteiger partial charge in [0, 0.05) is 18.3 Å². The number of benzene rings is 1. The number of nitrogens with zero attached hydrogens (tertiary/aromatic N) is 2. The van der Waals surface area contributed by atoms with Crippen molar-refractivity contribution in [3.63, 3.8) is 0 Å². The van der Waals surface area contributed by atoms with E-state index >= 15 is 0 Å². The molecule has 0 bridgehead atoms. The fourth-order valence-corrected chi connectivity index (χ4v) is 1.51. The fraction of sp³-hybridized carbons (Fsp3) is 0.167. The summed E-state index contributed by atoms with van der Waals surface area (Å²) in [6, 6.07) is 11.0. The summed E-state index contributed by atoms with van der Waals surface area (Å²) in [5.74, 6) is 0.0805. The van der Waals surface area contributed by atoms with Gasteiger partial charge in [-0.05, 0) is 19.1 Å². The lowest BCUT2D eigenvalue weighted by Crippen LogP contribution is -2.30. The predicted octanol–water partition coefficient (Wildman–Crippen LogP) is 2.34. The van der Waals surface area contributed by atoms with Crippen LogP contribution in [0.2, 0.25) is 0 Å². The van der Waals surface area contributed by atoms with Crippen LogP contribution in [-0.4, -0.2) is 17.6 Å². The van der Waals surface area contributed by atoms with Crippen LogP contribution < -0.4 is 4.90 Å². The Morgan fingerprint density at radius 3 is 2.62 bits per heavy atom. The average molecular weight is 216 g/mol. The molecule has 0 aliphatic carbocycles. The van der Waals surface area contributed by atoms with Gasteiger partial charge in [-0.15, -0.1) is 0 Å². The first-order valence-corrected chi connectivity index (χ1v) is 5.10. The molecule has 2 aromatic rings. The molecule has 0 saturated heterocycles. The number of hydrogen-bond donors (Lipinski definition) is 0. The first kappa shape index (κ1) is 10.4.